The number of rotatable bonds is 4. The number of carbonyl (C=O) groups is 2. The quantitative estimate of drug-likeness (QED) is 0.846. The zero-order valence-electron chi connectivity index (χ0n) is 10.7. The molecule has 1 aromatic rings. The maximum Gasteiger partial charge on any atom is 0.308 e. The van der Waals surface area contributed by atoms with E-state index in [1.165, 1.54) is 11.8 Å². The number of aliphatic carboxylic acids is 1. The van der Waals surface area contributed by atoms with Crippen LogP contribution in [0.25, 0.3) is 0 Å². The first kappa shape index (κ1) is 13.9. The van der Waals surface area contributed by atoms with Gasteiger partial charge in [-0.15, -0.1) is 11.8 Å². The summed E-state index contributed by atoms with van der Waals surface area (Å²) >= 11 is 1.45. The van der Waals surface area contributed by atoms with Gasteiger partial charge in [0, 0.05) is 29.9 Å². The maximum atomic E-state index is 12.1. The number of amides is 1. The molecule has 2 rings (SSSR count). The smallest absolute Gasteiger partial charge is 0.308 e. The number of carboxylic acids is 1. The molecule has 0 bridgehead atoms. The van der Waals surface area contributed by atoms with Crippen LogP contribution < -0.4 is 0 Å². The first-order valence-electron chi connectivity index (χ1n) is 6.14. The highest BCUT2D eigenvalue weighted by Crippen LogP contribution is 2.26. The molecule has 0 aromatic carbocycles. The molecule has 1 aliphatic heterocycles. The van der Waals surface area contributed by atoms with Crippen molar-refractivity contribution >= 4 is 23.6 Å². The van der Waals surface area contributed by atoms with Gasteiger partial charge in [-0.1, -0.05) is 0 Å². The molecule has 1 fully saturated rings. The fourth-order valence-corrected chi connectivity index (χ4v) is 3.05. The number of aromatic nitrogens is 1. The van der Waals surface area contributed by atoms with Crippen LogP contribution in [0.1, 0.15) is 13.3 Å². The lowest BCUT2D eigenvalue weighted by atomic mass is 10.0. The van der Waals surface area contributed by atoms with Crippen LogP contribution in [0.5, 0.6) is 0 Å². The third kappa shape index (κ3) is 3.26. The summed E-state index contributed by atoms with van der Waals surface area (Å²) in [4.78, 5) is 29.7. The molecule has 1 aliphatic rings. The van der Waals surface area contributed by atoms with Crippen molar-refractivity contribution in [2.75, 3.05) is 12.3 Å². The zero-order valence-corrected chi connectivity index (χ0v) is 11.5. The Balaban J connectivity index is 1.89. The number of pyridine rings is 1. The number of nitrogens with zero attached hydrogens (tertiary/aromatic N) is 2. The number of thioether (sulfide) groups is 1. The normalized spacial score (nSPS) is 22.5. The van der Waals surface area contributed by atoms with E-state index < -0.39 is 11.9 Å². The molecular formula is C13H16N2O3S. The van der Waals surface area contributed by atoms with E-state index in [4.69, 9.17) is 5.11 Å². The van der Waals surface area contributed by atoms with Crippen molar-refractivity contribution in [2.45, 2.75) is 24.3 Å². The molecule has 2 unspecified atom stereocenters. The van der Waals surface area contributed by atoms with Crippen LogP contribution in [0.4, 0.5) is 0 Å². The highest BCUT2D eigenvalue weighted by Gasteiger charge is 2.37. The highest BCUT2D eigenvalue weighted by molar-refractivity contribution is 8.00. The lowest BCUT2D eigenvalue weighted by Crippen LogP contribution is -2.38. The molecule has 6 heteroatoms. The van der Waals surface area contributed by atoms with Crippen LogP contribution >= 0.6 is 11.8 Å². The second-order valence-electron chi connectivity index (χ2n) is 4.53. The van der Waals surface area contributed by atoms with Crippen molar-refractivity contribution in [3.05, 3.63) is 24.5 Å². The molecule has 1 amide bonds. The van der Waals surface area contributed by atoms with Crippen LogP contribution in [-0.2, 0) is 9.59 Å². The van der Waals surface area contributed by atoms with E-state index in [-0.39, 0.29) is 11.9 Å². The maximum absolute atomic E-state index is 12.1. The van der Waals surface area contributed by atoms with Crippen LogP contribution in [0.3, 0.4) is 0 Å². The van der Waals surface area contributed by atoms with Gasteiger partial charge in [0.2, 0.25) is 5.91 Å². The van der Waals surface area contributed by atoms with Crippen LogP contribution in [0, 0.1) is 5.92 Å². The molecule has 0 spiro atoms. The number of carbonyl (C=O) groups excluding carboxylic acids is 1. The molecule has 2 heterocycles. The number of hydrogen-bond donors (Lipinski definition) is 1. The third-order valence-corrected chi connectivity index (χ3v) is 4.40. The Labute approximate surface area is 116 Å². The zero-order chi connectivity index (χ0) is 13.8. The van der Waals surface area contributed by atoms with Gasteiger partial charge < -0.3 is 10.0 Å². The summed E-state index contributed by atoms with van der Waals surface area (Å²) in [6.07, 6.45) is 3.92. The average Bonchev–Trinajstić information content (AvgIpc) is 2.79. The summed E-state index contributed by atoms with van der Waals surface area (Å²) in [6, 6.07) is 3.49. The third-order valence-electron chi connectivity index (χ3n) is 3.40. The van der Waals surface area contributed by atoms with Gasteiger partial charge in [0.15, 0.2) is 0 Å². The van der Waals surface area contributed by atoms with E-state index in [1.54, 1.807) is 24.2 Å². The van der Waals surface area contributed by atoms with Crippen LogP contribution in [0.2, 0.25) is 0 Å². The monoisotopic (exact) mass is 280 g/mol. The van der Waals surface area contributed by atoms with Gasteiger partial charge >= 0.3 is 5.97 Å². The fraction of sp³-hybridized carbons (Fsp3) is 0.462. The molecule has 0 aliphatic carbocycles. The minimum Gasteiger partial charge on any atom is -0.481 e. The minimum atomic E-state index is -0.815. The Morgan fingerprint density at radius 3 is 2.74 bits per heavy atom. The number of carboxylic acid groups (broad SMARTS) is 1. The summed E-state index contributed by atoms with van der Waals surface area (Å²) in [5.41, 5.74) is 0. The van der Waals surface area contributed by atoms with Crippen LogP contribution in [-0.4, -0.2) is 45.2 Å². The van der Waals surface area contributed by atoms with Gasteiger partial charge in [-0.05, 0) is 25.5 Å². The lowest BCUT2D eigenvalue weighted by Gasteiger charge is -2.23. The van der Waals surface area contributed by atoms with E-state index in [0.29, 0.717) is 18.7 Å². The van der Waals surface area contributed by atoms with Gasteiger partial charge in [0.05, 0.1) is 11.7 Å². The van der Waals surface area contributed by atoms with Gasteiger partial charge in [0.25, 0.3) is 0 Å². The summed E-state index contributed by atoms with van der Waals surface area (Å²) in [5.74, 6) is -0.918. The van der Waals surface area contributed by atoms with E-state index in [1.807, 2.05) is 12.1 Å². The molecule has 19 heavy (non-hydrogen) atoms. The molecule has 102 valence electrons. The van der Waals surface area contributed by atoms with Crippen molar-refractivity contribution < 1.29 is 14.7 Å². The largest absolute Gasteiger partial charge is 0.481 e. The Bertz CT molecular complexity index is 466. The predicted octanol–water partition coefficient (Wildman–Crippen LogP) is 1.50. The first-order valence-corrected chi connectivity index (χ1v) is 7.13. The predicted molar refractivity (Wildman–Crippen MR) is 71.9 cm³/mol. The average molecular weight is 280 g/mol. The molecule has 2 atom stereocenters. The molecule has 0 radical (unpaired) electrons. The van der Waals surface area contributed by atoms with Gasteiger partial charge in [-0.25, -0.2) is 0 Å². The summed E-state index contributed by atoms with van der Waals surface area (Å²) in [7, 11) is 0. The topological polar surface area (TPSA) is 70.5 Å². The highest BCUT2D eigenvalue weighted by atomic mass is 32.2. The summed E-state index contributed by atoms with van der Waals surface area (Å²) in [6.45, 7) is 2.34. The first-order chi connectivity index (χ1) is 9.09. The second-order valence-corrected chi connectivity index (χ2v) is 5.58. The van der Waals surface area contributed by atoms with E-state index >= 15 is 0 Å². The Kier molecular flexibility index (Phi) is 4.42. The van der Waals surface area contributed by atoms with Crippen molar-refractivity contribution in [1.82, 2.24) is 9.88 Å². The Hall–Kier alpha value is -1.56. The molecule has 1 saturated heterocycles. The fourth-order valence-electron chi connectivity index (χ4n) is 2.28. The Morgan fingerprint density at radius 2 is 2.16 bits per heavy atom. The standard InChI is InChI=1S/C13H16N2O3S/c1-9-11(13(17)18)4-7-15(9)12(16)8-19-10-2-5-14-6-3-10/h2-3,5-6,9,11H,4,7-8H2,1H3,(H,17,18). The molecular weight excluding hydrogens is 264 g/mol. The number of hydrogen-bond acceptors (Lipinski definition) is 4. The van der Waals surface area contributed by atoms with E-state index in [9.17, 15) is 9.59 Å². The van der Waals surface area contributed by atoms with Crippen molar-refractivity contribution in [2.24, 2.45) is 5.92 Å². The molecule has 1 aromatic heterocycles. The molecule has 1 N–H and O–H groups in total. The van der Waals surface area contributed by atoms with E-state index in [2.05, 4.69) is 4.98 Å². The van der Waals surface area contributed by atoms with E-state index in [0.717, 1.165) is 4.90 Å². The van der Waals surface area contributed by atoms with Crippen molar-refractivity contribution in [3.63, 3.8) is 0 Å². The number of likely N-dealkylation sites (tertiary alicyclic amines) is 1. The van der Waals surface area contributed by atoms with Crippen molar-refractivity contribution in [3.8, 4) is 0 Å². The summed E-state index contributed by atoms with van der Waals surface area (Å²) in [5, 5.41) is 9.04. The second kappa shape index (κ2) is 6.06. The SMILES string of the molecule is CC1C(C(=O)O)CCN1C(=O)CSc1ccncc1. The van der Waals surface area contributed by atoms with Crippen LogP contribution in [0.15, 0.2) is 29.4 Å². The Morgan fingerprint density at radius 1 is 1.47 bits per heavy atom. The molecule has 5 nitrogen and oxygen atoms in total. The van der Waals surface area contributed by atoms with Gasteiger partial charge in [-0.2, -0.15) is 0 Å². The minimum absolute atomic E-state index is 0.00179. The molecule has 0 saturated carbocycles. The van der Waals surface area contributed by atoms with Gasteiger partial charge in [0.1, 0.15) is 0 Å². The van der Waals surface area contributed by atoms with Crippen molar-refractivity contribution in [1.29, 1.82) is 0 Å². The lowest BCUT2D eigenvalue weighted by molar-refractivity contribution is -0.142. The van der Waals surface area contributed by atoms with Gasteiger partial charge in [-0.3, -0.25) is 14.6 Å². The summed E-state index contributed by atoms with van der Waals surface area (Å²) < 4.78 is 0.